The zero-order valence-electron chi connectivity index (χ0n) is 30.0. The van der Waals surface area contributed by atoms with Crippen LogP contribution < -0.4 is 11.1 Å². The predicted octanol–water partition coefficient (Wildman–Crippen LogP) is 9.77. The van der Waals surface area contributed by atoms with Gasteiger partial charge in [-0.1, -0.05) is 146 Å². The van der Waals surface area contributed by atoms with Gasteiger partial charge in [-0.25, -0.2) is 4.57 Å². The summed E-state index contributed by atoms with van der Waals surface area (Å²) in [4.78, 5) is 22.6. The molecule has 0 aliphatic heterocycles. The monoisotopic (exact) mass is 683 g/mol. The van der Waals surface area contributed by atoms with Gasteiger partial charge in [-0.3, -0.25) is 13.8 Å². The van der Waals surface area contributed by atoms with E-state index in [1.54, 1.807) is 0 Å². The lowest BCUT2D eigenvalue weighted by Crippen LogP contribution is -2.46. The Morgan fingerprint density at radius 3 is 1.77 bits per heavy atom. The van der Waals surface area contributed by atoms with Gasteiger partial charge in [-0.2, -0.15) is 0 Å². The van der Waals surface area contributed by atoms with Crippen molar-refractivity contribution >= 4 is 13.7 Å². The van der Waals surface area contributed by atoms with Gasteiger partial charge in [0, 0.05) is 13.0 Å². The van der Waals surface area contributed by atoms with Crippen molar-refractivity contribution < 1.29 is 28.4 Å². The van der Waals surface area contributed by atoms with E-state index in [9.17, 15) is 19.4 Å². The molecule has 3 atom stereocenters. The Balaban J connectivity index is 4.35. The molecule has 0 fully saturated rings. The van der Waals surface area contributed by atoms with Crippen molar-refractivity contribution in [3.05, 3.63) is 48.6 Å². The molecule has 0 rings (SSSR count). The molecule has 0 aromatic heterocycles. The van der Waals surface area contributed by atoms with Crippen molar-refractivity contribution in [1.29, 1.82) is 0 Å². The highest BCUT2D eigenvalue weighted by Gasteiger charge is 2.27. The Morgan fingerprint density at radius 1 is 0.723 bits per heavy atom. The summed E-state index contributed by atoms with van der Waals surface area (Å²) in [5.41, 5.74) is 5.35. The summed E-state index contributed by atoms with van der Waals surface area (Å²) in [5, 5.41) is 13.7. The molecule has 0 aromatic carbocycles. The molecule has 0 aliphatic rings. The van der Waals surface area contributed by atoms with Gasteiger partial charge in [-0.15, -0.1) is 0 Å². The van der Waals surface area contributed by atoms with Gasteiger partial charge in [0.1, 0.15) is 0 Å². The molecule has 3 unspecified atom stereocenters. The number of aliphatic hydroxyl groups excluding tert-OH is 1. The molecule has 1 amide bonds. The van der Waals surface area contributed by atoms with Crippen LogP contribution in [-0.4, -0.2) is 47.8 Å². The molecule has 0 saturated heterocycles. The van der Waals surface area contributed by atoms with Gasteiger partial charge in [-0.05, 0) is 51.4 Å². The van der Waals surface area contributed by atoms with E-state index in [1.165, 1.54) is 64.2 Å². The SMILES string of the molecule is CC/C=C\C/C=C\C/C=C\C/C=C\CCCCC(=O)NC(COP(=O)(O)OCCN)C(O)CCCCCCCCCCCCCCC. The minimum atomic E-state index is -4.32. The molecule has 0 bridgehead atoms. The standard InChI is InChI=1S/C38H71N2O6P/c1-3-5-7-9-11-13-15-17-18-20-22-24-26-28-30-32-38(42)40-36(35-46-47(43,44)45-34-33-39)37(41)31-29-27-25-23-21-19-16-14-12-10-8-6-4-2/h5,7,11,13,17-18,22,24,36-37,41H,3-4,6,8-10,12,14-16,19-21,23,25-35,39H2,1-2H3,(H,40,42)(H,43,44)/b7-5-,13-11-,18-17-,24-22-. The predicted molar refractivity (Wildman–Crippen MR) is 198 cm³/mol. The van der Waals surface area contributed by atoms with Gasteiger partial charge in [0.2, 0.25) is 5.91 Å². The second-order valence-corrected chi connectivity index (χ2v) is 13.9. The highest BCUT2D eigenvalue weighted by atomic mass is 31.2. The third-order valence-corrected chi connectivity index (χ3v) is 8.93. The van der Waals surface area contributed by atoms with Gasteiger partial charge in [0.25, 0.3) is 0 Å². The molecule has 0 saturated carbocycles. The maximum absolute atomic E-state index is 12.7. The number of phosphoric acid groups is 1. The Labute approximate surface area is 288 Å². The summed E-state index contributed by atoms with van der Waals surface area (Å²) in [6.07, 6.45) is 39.7. The average Bonchev–Trinajstić information content (AvgIpc) is 3.05. The summed E-state index contributed by atoms with van der Waals surface area (Å²) in [6, 6.07) is -0.795. The molecule has 0 heterocycles. The molecule has 0 aliphatic carbocycles. The van der Waals surface area contributed by atoms with Crippen LogP contribution in [0.4, 0.5) is 0 Å². The lowest BCUT2D eigenvalue weighted by Gasteiger charge is -2.25. The zero-order chi connectivity index (χ0) is 34.7. The Bertz CT molecular complexity index is 876. The Morgan fingerprint density at radius 2 is 1.23 bits per heavy atom. The van der Waals surface area contributed by atoms with E-state index in [2.05, 4.69) is 67.8 Å². The van der Waals surface area contributed by atoms with E-state index in [-0.39, 0.29) is 25.7 Å². The number of hydrogen-bond donors (Lipinski definition) is 4. The summed E-state index contributed by atoms with van der Waals surface area (Å²) in [6.45, 7) is 4.03. The van der Waals surface area contributed by atoms with E-state index in [0.717, 1.165) is 57.8 Å². The van der Waals surface area contributed by atoms with Crippen molar-refractivity contribution in [3.8, 4) is 0 Å². The van der Waals surface area contributed by atoms with Crippen LogP contribution in [0.2, 0.25) is 0 Å². The first kappa shape index (κ1) is 45.5. The van der Waals surface area contributed by atoms with E-state index >= 15 is 0 Å². The van der Waals surface area contributed by atoms with E-state index in [1.807, 2.05) is 0 Å². The van der Waals surface area contributed by atoms with Crippen molar-refractivity contribution in [2.45, 2.75) is 167 Å². The van der Waals surface area contributed by atoms with Crippen LogP contribution in [0, 0.1) is 0 Å². The normalized spacial score (nSPS) is 14.9. The fourth-order valence-electron chi connectivity index (χ4n) is 5.13. The maximum Gasteiger partial charge on any atom is 0.472 e. The highest BCUT2D eigenvalue weighted by molar-refractivity contribution is 7.47. The number of nitrogens with two attached hydrogens (primary N) is 1. The van der Waals surface area contributed by atoms with Gasteiger partial charge >= 0.3 is 7.82 Å². The first-order chi connectivity index (χ1) is 22.9. The molecular weight excluding hydrogens is 611 g/mol. The summed E-state index contributed by atoms with van der Waals surface area (Å²) in [7, 11) is -4.32. The lowest BCUT2D eigenvalue weighted by atomic mass is 10.0. The molecule has 274 valence electrons. The van der Waals surface area contributed by atoms with Crippen LogP contribution in [0.15, 0.2) is 48.6 Å². The smallest absolute Gasteiger partial charge is 0.391 e. The highest BCUT2D eigenvalue weighted by Crippen LogP contribution is 2.43. The van der Waals surface area contributed by atoms with Crippen molar-refractivity contribution in [2.24, 2.45) is 5.73 Å². The van der Waals surface area contributed by atoms with E-state index in [4.69, 9.17) is 14.8 Å². The summed E-state index contributed by atoms with van der Waals surface area (Å²) in [5.74, 6) is -0.205. The van der Waals surface area contributed by atoms with Crippen molar-refractivity contribution in [1.82, 2.24) is 5.32 Å². The molecular formula is C38H71N2O6P. The largest absolute Gasteiger partial charge is 0.472 e. The second-order valence-electron chi connectivity index (χ2n) is 12.4. The molecule has 5 N–H and O–H groups in total. The molecule has 0 aromatic rings. The average molecular weight is 683 g/mol. The minimum absolute atomic E-state index is 0.0800. The number of allylic oxidation sites excluding steroid dienone is 8. The fourth-order valence-corrected chi connectivity index (χ4v) is 5.89. The number of aliphatic hydroxyl groups is 1. The number of carbonyl (C=O) groups excluding carboxylic acids is 1. The number of carbonyl (C=O) groups is 1. The van der Waals surface area contributed by atoms with Crippen molar-refractivity contribution in [3.63, 3.8) is 0 Å². The minimum Gasteiger partial charge on any atom is -0.391 e. The molecule has 0 radical (unpaired) electrons. The summed E-state index contributed by atoms with van der Waals surface area (Å²) >= 11 is 0. The fraction of sp³-hybridized carbons (Fsp3) is 0.763. The van der Waals surface area contributed by atoms with Crippen LogP contribution in [0.3, 0.4) is 0 Å². The maximum atomic E-state index is 12.7. The zero-order valence-corrected chi connectivity index (χ0v) is 30.9. The quantitative estimate of drug-likeness (QED) is 0.0302. The van der Waals surface area contributed by atoms with Crippen molar-refractivity contribution in [2.75, 3.05) is 19.8 Å². The van der Waals surface area contributed by atoms with Crippen LogP contribution in [0.1, 0.15) is 155 Å². The number of amides is 1. The molecule has 9 heteroatoms. The third kappa shape index (κ3) is 32.8. The van der Waals surface area contributed by atoms with E-state index in [0.29, 0.717) is 19.3 Å². The topological polar surface area (TPSA) is 131 Å². The summed E-state index contributed by atoms with van der Waals surface area (Å²) < 4.78 is 22.1. The van der Waals surface area contributed by atoms with Crippen LogP contribution in [0.25, 0.3) is 0 Å². The van der Waals surface area contributed by atoms with Gasteiger partial charge in [0.05, 0.1) is 25.4 Å². The third-order valence-electron chi connectivity index (χ3n) is 7.95. The number of phosphoric ester groups is 1. The van der Waals surface area contributed by atoms with E-state index < -0.39 is 20.0 Å². The molecule has 0 spiro atoms. The number of unbranched alkanes of at least 4 members (excludes halogenated alkanes) is 14. The van der Waals surface area contributed by atoms with Gasteiger partial charge < -0.3 is 21.1 Å². The first-order valence-corrected chi connectivity index (χ1v) is 20.2. The van der Waals surface area contributed by atoms with Crippen LogP contribution in [-0.2, 0) is 18.4 Å². The lowest BCUT2D eigenvalue weighted by molar-refractivity contribution is -0.123. The number of nitrogens with one attached hydrogen (secondary N) is 1. The first-order valence-electron chi connectivity index (χ1n) is 18.8. The molecule has 47 heavy (non-hydrogen) atoms. The Kier molecular flexibility index (Phi) is 33.2. The van der Waals surface area contributed by atoms with Crippen LogP contribution in [0.5, 0.6) is 0 Å². The Hall–Kier alpha value is -1.54. The second kappa shape index (κ2) is 34.3. The molecule has 8 nitrogen and oxygen atoms in total. The number of hydrogen-bond acceptors (Lipinski definition) is 6. The van der Waals surface area contributed by atoms with Crippen LogP contribution >= 0.6 is 7.82 Å². The van der Waals surface area contributed by atoms with Gasteiger partial charge in [0.15, 0.2) is 0 Å². The number of rotatable bonds is 34.